The molecule has 1 rings (SSSR count). The molecule has 2 N–H and O–H groups in total. The third-order valence-electron chi connectivity index (χ3n) is 2.20. The van der Waals surface area contributed by atoms with Gasteiger partial charge in [0.15, 0.2) is 0 Å². The molecule has 0 aliphatic heterocycles. The molecule has 0 aromatic heterocycles. The van der Waals surface area contributed by atoms with Gasteiger partial charge in [0, 0.05) is 17.8 Å². The second-order valence-electron chi connectivity index (χ2n) is 3.56. The number of nitrogen functional groups attached to an aromatic ring is 1. The fourth-order valence-electron chi connectivity index (χ4n) is 1.49. The molecule has 0 aliphatic rings. The Kier molecular flexibility index (Phi) is 4.41. The maximum Gasteiger partial charge on any atom is 0.254 e. The number of amides is 1. The van der Waals surface area contributed by atoms with Crippen LogP contribution in [-0.2, 0) is 0 Å². The average Bonchev–Trinajstić information content (AvgIpc) is 2.28. The summed E-state index contributed by atoms with van der Waals surface area (Å²) in [6.45, 7) is 3.01. The number of rotatable bonds is 4. The summed E-state index contributed by atoms with van der Waals surface area (Å²) in [7, 11) is 0. The van der Waals surface area contributed by atoms with E-state index in [0.29, 0.717) is 24.3 Å². The molecule has 0 aliphatic carbocycles. The van der Waals surface area contributed by atoms with E-state index < -0.39 is 0 Å². The van der Waals surface area contributed by atoms with E-state index in [0.717, 1.165) is 6.42 Å². The van der Waals surface area contributed by atoms with Crippen LogP contribution in [0.1, 0.15) is 23.7 Å². The largest absolute Gasteiger partial charge is 0.399 e. The average molecular weight is 216 g/mol. The highest BCUT2D eigenvalue weighted by Crippen LogP contribution is 2.09. The van der Waals surface area contributed by atoms with Gasteiger partial charge in [-0.15, -0.1) is 6.42 Å². The quantitative estimate of drug-likeness (QED) is 0.615. The van der Waals surface area contributed by atoms with Crippen molar-refractivity contribution in [1.82, 2.24) is 4.90 Å². The number of benzene rings is 1. The summed E-state index contributed by atoms with van der Waals surface area (Å²) in [6.07, 6.45) is 6.12. The summed E-state index contributed by atoms with van der Waals surface area (Å²) in [4.78, 5) is 13.7. The molecule has 0 fully saturated rings. The van der Waals surface area contributed by atoms with Crippen LogP contribution in [0, 0.1) is 12.3 Å². The van der Waals surface area contributed by atoms with Crippen LogP contribution in [-0.4, -0.2) is 23.9 Å². The van der Waals surface area contributed by atoms with Crippen LogP contribution >= 0.6 is 0 Å². The molecule has 1 amide bonds. The van der Waals surface area contributed by atoms with Gasteiger partial charge >= 0.3 is 0 Å². The molecule has 84 valence electrons. The Morgan fingerprint density at radius 3 is 2.88 bits per heavy atom. The number of nitrogens with zero attached hydrogens (tertiary/aromatic N) is 1. The van der Waals surface area contributed by atoms with E-state index in [1.54, 1.807) is 29.2 Å². The van der Waals surface area contributed by atoms with Crippen LogP contribution in [0.5, 0.6) is 0 Å². The van der Waals surface area contributed by atoms with Crippen molar-refractivity contribution in [3.05, 3.63) is 29.8 Å². The molecule has 0 saturated heterocycles. The normalized spacial score (nSPS) is 9.50. The zero-order valence-electron chi connectivity index (χ0n) is 9.44. The Morgan fingerprint density at radius 2 is 2.31 bits per heavy atom. The molecule has 0 heterocycles. The second-order valence-corrected chi connectivity index (χ2v) is 3.56. The first kappa shape index (κ1) is 12.1. The molecule has 1 aromatic carbocycles. The lowest BCUT2D eigenvalue weighted by atomic mass is 10.1. The van der Waals surface area contributed by atoms with Crippen molar-refractivity contribution in [1.29, 1.82) is 0 Å². The highest BCUT2D eigenvalue weighted by molar-refractivity contribution is 5.95. The van der Waals surface area contributed by atoms with Crippen molar-refractivity contribution < 1.29 is 4.79 Å². The van der Waals surface area contributed by atoms with Gasteiger partial charge in [-0.2, -0.15) is 0 Å². The summed E-state index contributed by atoms with van der Waals surface area (Å²) >= 11 is 0. The fraction of sp³-hybridized carbons (Fsp3) is 0.308. The number of carbonyl (C=O) groups is 1. The lowest BCUT2D eigenvalue weighted by Crippen LogP contribution is -2.32. The van der Waals surface area contributed by atoms with Crippen molar-refractivity contribution in [2.24, 2.45) is 0 Å². The number of hydrogen-bond acceptors (Lipinski definition) is 2. The topological polar surface area (TPSA) is 46.3 Å². The zero-order valence-corrected chi connectivity index (χ0v) is 9.44. The van der Waals surface area contributed by atoms with Gasteiger partial charge in [0.25, 0.3) is 5.91 Å². The highest BCUT2D eigenvalue weighted by Gasteiger charge is 2.13. The van der Waals surface area contributed by atoms with E-state index in [4.69, 9.17) is 12.2 Å². The predicted octanol–water partition coefficient (Wildman–Crippen LogP) is 1.75. The van der Waals surface area contributed by atoms with Crippen LogP contribution in [0.25, 0.3) is 0 Å². The molecule has 3 nitrogen and oxygen atoms in total. The molecular weight excluding hydrogens is 200 g/mol. The fourth-order valence-corrected chi connectivity index (χ4v) is 1.49. The molecule has 16 heavy (non-hydrogen) atoms. The Labute approximate surface area is 96.2 Å². The molecule has 0 radical (unpaired) electrons. The van der Waals surface area contributed by atoms with Crippen LogP contribution in [0.4, 0.5) is 5.69 Å². The Bertz CT molecular complexity index is 407. The third-order valence-corrected chi connectivity index (χ3v) is 2.20. The predicted molar refractivity (Wildman–Crippen MR) is 65.9 cm³/mol. The van der Waals surface area contributed by atoms with Crippen molar-refractivity contribution in [3.63, 3.8) is 0 Å². The first-order valence-corrected chi connectivity index (χ1v) is 5.27. The summed E-state index contributed by atoms with van der Waals surface area (Å²) in [5.74, 6) is 2.43. The maximum atomic E-state index is 12.1. The van der Waals surface area contributed by atoms with Crippen molar-refractivity contribution in [2.45, 2.75) is 13.3 Å². The van der Waals surface area contributed by atoms with E-state index in [-0.39, 0.29) is 5.91 Å². The maximum absolute atomic E-state index is 12.1. The Balaban J connectivity index is 2.86. The van der Waals surface area contributed by atoms with Gasteiger partial charge in [-0.3, -0.25) is 4.79 Å². The van der Waals surface area contributed by atoms with Gasteiger partial charge in [0.2, 0.25) is 0 Å². The van der Waals surface area contributed by atoms with E-state index in [1.807, 2.05) is 6.92 Å². The van der Waals surface area contributed by atoms with E-state index in [2.05, 4.69) is 5.92 Å². The molecule has 1 aromatic rings. The molecule has 0 unspecified atom stereocenters. The van der Waals surface area contributed by atoms with E-state index in [1.165, 1.54) is 0 Å². The standard InChI is InChI=1S/C13H16N2O/c1-3-8-15(9-4-2)13(16)11-6-5-7-12(14)10-11/h1,5-7,10H,4,8-9,14H2,2H3. The van der Waals surface area contributed by atoms with Gasteiger partial charge in [0.1, 0.15) is 0 Å². The van der Waals surface area contributed by atoms with Gasteiger partial charge in [-0.05, 0) is 24.6 Å². The van der Waals surface area contributed by atoms with Crippen LogP contribution in [0.15, 0.2) is 24.3 Å². The molecule has 0 spiro atoms. The van der Waals surface area contributed by atoms with Gasteiger partial charge in [0.05, 0.1) is 6.54 Å². The lowest BCUT2D eigenvalue weighted by Gasteiger charge is -2.19. The zero-order chi connectivity index (χ0) is 12.0. The number of terminal acetylenes is 1. The second kappa shape index (κ2) is 5.82. The van der Waals surface area contributed by atoms with Gasteiger partial charge in [-0.25, -0.2) is 0 Å². The van der Waals surface area contributed by atoms with Crippen LogP contribution in [0.3, 0.4) is 0 Å². The van der Waals surface area contributed by atoms with Crippen molar-refractivity contribution in [3.8, 4) is 12.3 Å². The number of anilines is 1. The summed E-state index contributed by atoms with van der Waals surface area (Å²) in [5, 5.41) is 0. The van der Waals surface area contributed by atoms with Gasteiger partial charge < -0.3 is 10.6 Å². The van der Waals surface area contributed by atoms with Crippen molar-refractivity contribution in [2.75, 3.05) is 18.8 Å². The minimum atomic E-state index is -0.0629. The first-order valence-electron chi connectivity index (χ1n) is 5.27. The highest BCUT2D eigenvalue weighted by atomic mass is 16.2. The smallest absolute Gasteiger partial charge is 0.254 e. The minimum absolute atomic E-state index is 0.0629. The number of carbonyl (C=O) groups excluding carboxylic acids is 1. The SMILES string of the molecule is C#CCN(CCC)C(=O)c1cccc(N)c1. The first-order chi connectivity index (χ1) is 7.69. The third kappa shape index (κ3) is 3.03. The molecule has 3 heteroatoms. The molecular formula is C13H16N2O. The van der Waals surface area contributed by atoms with Crippen LogP contribution in [0.2, 0.25) is 0 Å². The van der Waals surface area contributed by atoms with Crippen molar-refractivity contribution >= 4 is 11.6 Å². The van der Waals surface area contributed by atoms with E-state index >= 15 is 0 Å². The molecule has 0 atom stereocenters. The monoisotopic (exact) mass is 216 g/mol. The molecule has 0 saturated carbocycles. The van der Waals surface area contributed by atoms with Gasteiger partial charge in [-0.1, -0.05) is 18.9 Å². The molecule has 0 bridgehead atoms. The lowest BCUT2D eigenvalue weighted by molar-refractivity contribution is 0.0777. The summed E-state index contributed by atoms with van der Waals surface area (Å²) < 4.78 is 0. The van der Waals surface area contributed by atoms with Crippen LogP contribution < -0.4 is 5.73 Å². The number of nitrogens with two attached hydrogens (primary N) is 1. The Morgan fingerprint density at radius 1 is 1.56 bits per heavy atom. The number of hydrogen-bond donors (Lipinski definition) is 1. The Hall–Kier alpha value is -1.95. The summed E-state index contributed by atoms with van der Waals surface area (Å²) in [6, 6.07) is 6.93. The summed E-state index contributed by atoms with van der Waals surface area (Å²) in [5.41, 5.74) is 6.81. The van der Waals surface area contributed by atoms with E-state index in [9.17, 15) is 4.79 Å². The minimum Gasteiger partial charge on any atom is -0.399 e.